The summed E-state index contributed by atoms with van der Waals surface area (Å²) < 4.78 is 16.0. The molecule has 0 radical (unpaired) electrons. The van der Waals surface area contributed by atoms with E-state index in [1.165, 1.54) is 18.2 Å². The van der Waals surface area contributed by atoms with Gasteiger partial charge in [-0.05, 0) is 65.6 Å². The van der Waals surface area contributed by atoms with Crippen molar-refractivity contribution in [3.63, 3.8) is 0 Å². The van der Waals surface area contributed by atoms with Crippen LogP contribution in [0.3, 0.4) is 0 Å². The van der Waals surface area contributed by atoms with Gasteiger partial charge >= 0.3 is 6.03 Å². The zero-order chi connectivity index (χ0) is 52.9. The van der Waals surface area contributed by atoms with Crippen molar-refractivity contribution < 1.29 is 63.7 Å². The Morgan fingerprint density at radius 2 is 1.54 bits per heavy atom. The van der Waals surface area contributed by atoms with Crippen molar-refractivity contribution in [2.75, 3.05) is 32.8 Å². The second-order valence-electron chi connectivity index (χ2n) is 17.8. The SMILES string of the molecule is CC(C)(CCCCOc1cc(-c2ccccc2)cc(-c2ccccc2)n1)CNC(=O)C(CNC(=O)CCNC(=O)NC1OC(CO)C(O)C(O)C1O)NC(=O)c1cccc(N=NCc2ccccc2SOOO)n1. The molecule has 10 N–H and O–H groups in total. The molecule has 3 heterocycles. The lowest BCUT2D eigenvalue weighted by molar-refractivity contribution is -0.432. The number of ether oxygens (including phenoxy) is 2. The van der Waals surface area contributed by atoms with Crippen molar-refractivity contribution in [3.8, 4) is 28.3 Å². The van der Waals surface area contributed by atoms with E-state index in [4.69, 9.17) is 19.7 Å². The maximum atomic E-state index is 13.9. The highest BCUT2D eigenvalue weighted by atomic mass is 32.2. The van der Waals surface area contributed by atoms with Gasteiger partial charge in [0.15, 0.2) is 12.0 Å². The Hall–Kier alpha value is -6.93. The molecule has 1 aliphatic rings. The number of aliphatic hydroxyl groups excluding tert-OH is 4. The Morgan fingerprint density at radius 1 is 0.811 bits per heavy atom. The van der Waals surface area contributed by atoms with Crippen LogP contribution < -0.4 is 31.3 Å². The maximum Gasteiger partial charge on any atom is 0.316 e. The fourth-order valence-electron chi connectivity index (χ4n) is 7.55. The fourth-order valence-corrected chi connectivity index (χ4v) is 8.02. The summed E-state index contributed by atoms with van der Waals surface area (Å²) >= 11 is 0.774. The lowest BCUT2D eigenvalue weighted by atomic mass is 9.87. The Labute approximate surface area is 431 Å². The Bertz CT molecular complexity index is 2580. The van der Waals surface area contributed by atoms with Crippen LogP contribution in [0.2, 0.25) is 0 Å². The molecule has 2 aromatic heterocycles. The van der Waals surface area contributed by atoms with E-state index in [1.807, 2.05) is 86.6 Å². The molecule has 0 spiro atoms. The third kappa shape index (κ3) is 17.4. The zero-order valence-corrected chi connectivity index (χ0v) is 41.5. The van der Waals surface area contributed by atoms with Gasteiger partial charge in [0.1, 0.15) is 36.2 Å². The number of nitrogens with one attached hydrogen (secondary N) is 5. The van der Waals surface area contributed by atoms with Crippen molar-refractivity contribution in [2.24, 2.45) is 15.6 Å². The highest BCUT2D eigenvalue weighted by Crippen LogP contribution is 2.30. The predicted molar refractivity (Wildman–Crippen MR) is 270 cm³/mol. The van der Waals surface area contributed by atoms with Crippen molar-refractivity contribution in [1.29, 1.82) is 0 Å². The first-order chi connectivity index (χ1) is 35.7. The van der Waals surface area contributed by atoms with Crippen LogP contribution in [0.1, 0.15) is 55.6 Å². The van der Waals surface area contributed by atoms with E-state index >= 15 is 0 Å². The standard InChI is InChI=1S/C51H61N9O13S/c1-51(2,23-11-12-25-70-43-27-35(32-14-5-3-6-15-32)26-37(57-43)33-16-7-4-8-17-33)31-54-47(66)38(29-53-42(62)22-24-52-50(68)59-49-46(65)45(64)44(63)39(30-61)71-49)58-48(67)36-19-13-21-41(56-36)60-55-28-34-18-9-10-20-40(34)74-73-72-69/h3-10,13-21,26-27,38-39,44-46,49,61,63-65,69H,11-12,22-25,28-31H2,1-2H3,(H,53,62)(H,54,66)(H,58,67)(H2,52,59,68). The summed E-state index contributed by atoms with van der Waals surface area (Å²) in [4.78, 5) is 62.8. The Morgan fingerprint density at radius 3 is 2.28 bits per heavy atom. The molecule has 6 atom stereocenters. The number of pyridine rings is 2. The van der Waals surface area contributed by atoms with Crippen LogP contribution in [0.15, 0.2) is 130 Å². The Kier molecular flexibility index (Phi) is 21.7. The van der Waals surface area contributed by atoms with E-state index in [9.17, 15) is 39.6 Å². The quantitative estimate of drug-likeness (QED) is 0.0119. The molecule has 23 heteroatoms. The Balaban J connectivity index is 1.03. The van der Waals surface area contributed by atoms with E-state index in [1.54, 1.807) is 24.3 Å². The topological polar surface area (TPSA) is 317 Å². The smallest absolute Gasteiger partial charge is 0.316 e. The van der Waals surface area contributed by atoms with Gasteiger partial charge in [-0.15, -0.1) is 9.45 Å². The minimum Gasteiger partial charge on any atom is -0.478 e. The molecule has 3 aromatic carbocycles. The van der Waals surface area contributed by atoms with Gasteiger partial charge in [-0.25, -0.2) is 20.0 Å². The molecule has 1 aliphatic heterocycles. The van der Waals surface area contributed by atoms with E-state index in [0.29, 0.717) is 35.8 Å². The normalized spacial score (nSPS) is 18.0. The van der Waals surface area contributed by atoms with Gasteiger partial charge in [-0.2, -0.15) is 5.11 Å². The number of carbonyl (C=O) groups is 4. The average Bonchev–Trinajstić information content (AvgIpc) is 3.41. The first-order valence-corrected chi connectivity index (χ1v) is 24.5. The van der Waals surface area contributed by atoms with Crippen molar-refractivity contribution in [1.82, 2.24) is 36.6 Å². The van der Waals surface area contributed by atoms with Crippen LogP contribution in [0.5, 0.6) is 5.88 Å². The van der Waals surface area contributed by atoms with Crippen LogP contribution >= 0.6 is 12.0 Å². The van der Waals surface area contributed by atoms with Crippen molar-refractivity contribution >= 4 is 41.6 Å². The molecule has 0 aliphatic carbocycles. The minimum absolute atomic E-state index is 0.0922. The summed E-state index contributed by atoms with van der Waals surface area (Å²) in [6.07, 6.45) is -5.86. The largest absolute Gasteiger partial charge is 0.478 e. The number of aliphatic hydroxyl groups is 4. The number of rotatable bonds is 26. The lowest BCUT2D eigenvalue weighted by Gasteiger charge is -2.40. The van der Waals surface area contributed by atoms with Crippen LogP contribution in [0, 0.1) is 5.41 Å². The number of hydrogen-bond acceptors (Lipinski definition) is 18. The summed E-state index contributed by atoms with van der Waals surface area (Å²) in [5.41, 5.74) is 4.00. The van der Waals surface area contributed by atoms with Crippen LogP contribution in [-0.4, -0.2) is 129 Å². The van der Waals surface area contributed by atoms with Crippen molar-refractivity contribution in [3.05, 3.63) is 127 Å². The van der Waals surface area contributed by atoms with Gasteiger partial charge < -0.3 is 56.5 Å². The molecule has 6 rings (SSSR count). The number of carbonyl (C=O) groups excluding carboxylic acids is 4. The molecule has 22 nitrogen and oxygen atoms in total. The summed E-state index contributed by atoms with van der Waals surface area (Å²) in [6, 6.07) is 33.2. The second-order valence-corrected chi connectivity index (χ2v) is 18.6. The third-order valence-corrected chi connectivity index (χ3v) is 12.4. The van der Waals surface area contributed by atoms with Gasteiger partial charge in [-0.1, -0.05) is 104 Å². The summed E-state index contributed by atoms with van der Waals surface area (Å²) in [7, 11) is 0. The molecule has 6 unspecified atom stereocenters. The van der Waals surface area contributed by atoms with E-state index in [0.717, 1.165) is 40.8 Å². The predicted octanol–water partition coefficient (Wildman–Crippen LogP) is 4.62. The van der Waals surface area contributed by atoms with E-state index in [2.05, 4.69) is 51.2 Å². The molecule has 1 fully saturated rings. The summed E-state index contributed by atoms with van der Waals surface area (Å²) in [5.74, 6) is -1.33. The number of nitrogens with zero attached hydrogens (tertiary/aromatic N) is 4. The maximum absolute atomic E-state index is 13.9. The average molecular weight is 1040 g/mol. The number of amides is 5. The van der Waals surface area contributed by atoms with Gasteiger partial charge in [0, 0.05) is 42.6 Å². The van der Waals surface area contributed by atoms with Crippen LogP contribution in [0.4, 0.5) is 10.6 Å². The molecular weight excluding hydrogens is 979 g/mol. The van der Waals surface area contributed by atoms with E-state index < -0.39 is 72.5 Å². The molecule has 394 valence electrons. The minimum atomic E-state index is -1.71. The molecule has 0 bridgehead atoms. The fraction of sp³-hybridized carbons (Fsp3) is 0.373. The van der Waals surface area contributed by atoms with Gasteiger partial charge in [0.25, 0.3) is 5.91 Å². The van der Waals surface area contributed by atoms with Crippen molar-refractivity contribution in [2.45, 2.75) is 87.7 Å². The number of aromatic nitrogens is 2. The molecule has 1 saturated heterocycles. The van der Waals surface area contributed by atoms with Gasteiger partial charge in [-0.3, -0.25) is 14.4 Å². The number of hydrogen-bond donors (Lipinski definition) is 10. The summed E-state index contributed by atoms with van der Waals surface area (Å²) in [6.45, 7) is 3.47. The molecule has 5 aromatic rings. The van der Waals surface area contributed by atoms with Gasteiger partial charge in [0.2, 0.25) is 17.7 Å². The highest BCUT2D eigenvalue weighted by molar-refractivity contribution is 7.94. The van der Waals surface area contributed by atoms with Crippen LogP contribution in [-0.2, 0) is 30.2 Å². The molecule has 5 amide bonds. The molecule has 74 heavy (non-hydrogen) atoms. The second kappa shape index (κ2) is 28.5. The monoisotopic (exact) mass is 1040 g/mol. The lowest BCUT2D eigenvalue weighted by Crippen LogP contribution is -2.64. The molecule has 0 saturated carbocycles. The highest BCUT2D eigenvalue weighted by Gasteiger charge is 2.44. The molecular formula is C51H61N9O13S. The first-order valence-electron chi connectivity index (χ1n) is 23.8. The summed E-state index contributed by atoms with van der Waals surface area (Å²) in [5, 5.41) is 73.1. The van der Waals surface area contributed by atoms with Crippen LogP contribution in [0.25, 0.3) is 22.4 Å². The number of urea groups is 1. The number of benzene rings is 3. The number of azo groups is 1. The first kappa shape index (κ1) is 56.4. The third-order valence-electron chi connectivity index (χ3n) is 11.7. The zero-order valence-electron chi connectivity index (χ0n) is 40.7. The van der Waals surface area contributed by atoms with E-state index in [-0.39, 0.29) is 44.1 Å². The number of unbranched alkanes of at least 4 members (excludes halogenated alkanes) is 1. The van der Waals surface area contributed by atoms with Gasteiger partial charge in [0.05, 0.1) is 37.5 Å².